The molecule has 0 atom stereocenters. The van der Waals surface area contributed by atoms with Crippen molar-refractivity contribution in [1.29, 1.82) is 0 Å². The maximum atomic E-state index is 13.0. The molecule has 0 unspecified atom stereocenters. The monoisotopic (exact) mass is 608 g/mol. The third kappa shape index (κ3) is 5.96. The van der Waals surface area contributed by atoms with Gasteiger partial charge >= 0.3 is 0 Å². The molecule has 0 spiro atoms. The minimum Gasteiger partial charge on any atom is -0.488 e. The number of carbonyl (C=O) groups is 1. The van der Waals surface area contributed by atoms with Crippen LogP contribution in [-0.4, -0.2) is 11.1 Å². The summed E-state index contributed by atoms with van der Waals surface area (Å²) in [7, 11) is 0. The van der Waals surface area contributed by atoms with E-state index in [0.29, 0.717) is 22.4 Å². The summed E-state index contributed by atoms with van der Waals surface area (Å²) < 4.78 is 20.9. The summed E-state index contributed by atoms with van der Waals surface area (Å²) in [5.74, 6) is 0.246. The van der Waals surface area contributed by atoms with Gasteiger partial charge in [0.2, 0.25) is 0 Å². The largest absolute Gasteiger partial charge is 0.488 e. The molecule has 1 N–H and O–H groups in total. The number of amides is 1. The molecule has 3 aromatic rings. The molecule has 1 aliphatic rings. The molecule has 0 aliphatic carbocycles. The molecule has 4 rings (SSSR count). The molecule has 1 aliphatic heterocycles. The highest BCUT2D eigenvalue weighted by Crippen LogP contribution is 2.30. The Labute approximate surface area is 205 Å². The first-order valence-electron chi connectivity index (χ1n) is 9.18. The van der Waals surface area contributed by atoms with Crippen LogP contribution in [0.2, 0.25) is 0 Å². The normalized spacial score (nSPS) is 16.0. The topological polar surface area (TPSA) is 50.7 Å². The van der Waals surface area contributed by atoms with Gasteiger partial charge in [0.05, 0.1) is 14.2 Å². The number of nitrogens with one attached hydrogen (secondary N) is 1. The summed E-state index contributed by atoms with van der Waals surface area (Å²) in [5.41, 5.74) is 2.55. The number of carbonyl (C=O) groups excluding carboxylic acids is 1. The summed E-state index contributed by atoms with van der Waals surface area (Å²) in [6.07, 6.45) is 1.81. The number of ether oxygens (including phenoxy) is 1. The van der Waals surface area contributed by atoms with Gasteiger partial charge < -0.3 is 10.1 Å². The van der Waals surface area contributed by atoms with Crippen LogP contribution in [0.25, 0.3) is 6.08 Å². The molecule has 1 fully saturated rings. The zero-order valence-electron chi connectivity index (χ0n) is 15.9. The van der Waals surface area contributed by atoms with Gasteiger partial charge in [-0.1, -0.05) is 34.1 Å². The van der Waals surface area contributed by atoms with E-state index in [1.807, 2.05) is 48.5 Å². The van der Waals surface area contributed by atoms with Gasteiger partial charge in [-0.15, -0.1) is 0 Å². The Kier molecular flexibility index (Phi) is 7.09. The van der Waals surface area contributed by atoms with Crippen molar-refractivity contribution in [3.8, 4) is 5.75 Å². The fourth-order valence-electron chi connectivity index (χ4n) is 2.73. The number of halogens is 3. The Hall–Kier alpha value is -2.17. The van der Waals surface area contributed by atoms with Crippen molar-refractivity contribution < 1.29 is 13.9 Å². The molecule has 0 aromatic heterocycles. The fourth-order valence-corrected chi connectivity index (χ4v) is 4.53. The van der Waals surface area contributed by atoms with E-state index < -0.39 is 0 Å². The van der Waals surface area contributed by atoms with Gasteiger partial charge in [0.15, 0.2) is 5.17 Å². The quantitative estimate of drug-likeness (QED) is 0.260. The molecule has 156 valence electrons. The molecule has 3 aromatic carbocycles. The van der Waals surface area contributed by atoms with E-state index in [9.17, 15) is 9.18 Å². The van der Waals surface area contributed by atoms with Crippen molar-refractivity contribution >= 4 is 73.1 Å². The van der Waals surface area contributed by atoms with Crippen molar-refractivity contribution in [1.82, 2.24) is 5.32 Å². The molecule has 0 saturated carbocycles. The number of benzene rings is 3. The van der Waals surface area contributed by atoms with E-state index in [4.69, 9.17) is 4.74 Å². The van der Waals surface area contributed by atoms with Crippen LogP contribution in [0.4, 0.5) is 10.1 Å². The maximum absolute atomic E-state index is 13.0. The van der Waals surface area contributed by atoms with Gasteiger partial charge in [0.25, 0.3) is 5.91 Å². The zero-order chi connectivity index (χ0) is 21.8. The Morgan fingerprint density at radius 2 is 1.84 bits per heavy atom. The highest BCUT2D eigenvalue weighted by molar-refractivity contribution is 14.1. The molecule has 1 amide bonds. The molecule has 0 radical (unpaired) electrons. The summed E-state index contributed by atoms with van der Waals surface area (Å²) in [4.78, 5) is 17.2. The van der Waals surface area contributed by atoms with E-state index in [2.05, 4.69) is 48.8 Å². The molecule has 4 nitrogen and oxygen atoms in total. The van der Waals surface area contributed by atoms with E-state index in [1.54, 1.807) is 12.1 Å². The summed E-state index contributed by atoms with van der Waals surface area (Å²) in [5, 5.41) is 3.20. The van der Waals surface area contributed by atoms with Gasteiger partial charge in [-0.05, 0) is 100 Å². The maximum Gasteiger partial charge on any atom is 0.264 e. The molecule has 1 saturated heterocycles. The SMILES string of the molecule is O=C1NC(=Nc2ccc(F)cc2)S/C1=C/c1ccc(OCc2ccc(Br)cc2)c(I)c1. The second-order valence-electron chi connectivity index (χ2n) is 6.56. The highest BCUT2D eigenvalue weighted by atomic mass is 127. The van der Waals surface area contributed by atoms with Crippen molar-refractivity contribution in [2.24, 2.45) is 4.99 Å². The van der Waals surface area contributed by atoms with Crippen molar-refractivity contribution in [3.05, 3.63) is 96.6 Å². The van der Waals surface area contributed by atoms with Crippen LogP contribution in [0, 0.1) is 9.39 Å². The lowest BCUT2D eigenvalue weighted by atomic mass is 10.2. The Balaban J connectivity index is 1.44. The summed E-state index contributed by atoms with van der Waals surface area (Å²) in [6, 6.07) is 19.6. The Morgan fingerprint density at radius 1 is 1.10 bits per heavy atom. The minimum absolute atomic E-state index is 0.212. The van der Waals surface area contributed by atoms with Crippen LogP contribution in [-0.2, 0) is 11.4 Å². The number of thioether (sulfide) groups is 1. The van der Waals surface area contributed by atoms with Crippen LogP contribution >= 0.6 is 50.3 Å². The lowest BCUT2D eigenvalue weighted by Crippen LogP contribution is -2.19. The molecular weight excluding hydrogens is 594 g/mol. The average Bonchev–Trinajstić information content (AvgIpc) is 3.09. The van der Waals surface area contributed by atoms with Crippen molar-refractivity contribution in [2.75, 3.05) is 0 Å². The van der Waals surface area contributed by atoms with Crippen LogP contribution < -0.4 is 10.1 Å². The number of amidine groups is 1. The summed E-state index contributed by atoms with van der Waals surface area (Å²) in [6.45, 7) is 0.477. The second-order valence-corrected chi connectivity index (χ2v) is 9.67. The van der Waals surface area contributed by atoms with Gasteiger partial charge in [-0.25, -0.2) is 9.38 Å². The van der Waals surface area contributed by atoms with Crippen molar-refractivity contribution in [3.63, 3.8) is 0 Å². The third-order valence-corrected chi connectivity index (χ3v) is 6.55. The average molecular weight is 609 g/mol. The highest BCUT2D eigenvalue weighted by Gasteiger charge is 2.23. The van der Waals surface area contributed by atoms with Crippen LogP contribution in [0.15, 0.2) is 81.1 Å². The van der Waals surface area contributed by atoms with Gasteiger partial charge in [0.1, 0.15) is 18.2 Å². The molecule has 1 heterocycles. The van der Waals surface area contributed by atoms with E-state index in [0.717, 1.165) is 24.9 Å². The van der Waals surface area contributed by atoms with Crippen LogP contribution in [0.3, 0.4) is 0 Å². The number of nitrogens with zero attached hydrogens (tertiary/aromatic N) is 1. The standard InChI is InChI=1S/C23H15BrFIN2O2S/c24-16-4-1-14(2-5-16)13-30-20-10-3-15(11-19(20)26)12-21-22(29)28-23(31-21)27-18-8-6-17(25)7-9-18/h1-12H,13H2,(H,27,28,29)/b21-12+. The lowest BCUT2D eigenvalue weighted by Gasteiger charge is -2.09. The zero-order valence-corrected chi connectivity index (χ0v) is 20.5. The Morgan fingerprint density at radius 3 is 2.55 bits per heavy atom. The number of rotatable bonds is 5. The van der Waals surface area contributed by atoms with Gasteiger partial charge in [-0.2, -0.15) is 0 Å². The van der Waals surface area contributed by atoms with Crippen LogP contribution in [0.1, 0.15) is 11.1 Å². The van der Waals surface area contributed by atoms with E-state index in [-0.39, 0.29) is 11.7 Å². The second kappa shape index (κ2) is 9.97. The lowest BCUT2D eigenvalue weighted by molar-refractivity contribution is -0.115. The smallest absolute Gasteiger partial charge is 0.264 e. The number of hydrogen-bond donors (Lipinski definition) is 1. The fraction of sp³-hybridized carbons (Fsp3) is 0.0435. The van der Waals surface area contributed by atoms with Crippen LogP contribution in [0.5, 0.6) is 5.75 Å². The molecule has 8 heteroatoms. The predicted molar refractivity (Wildman–Crippen MR) is 135 cm³/mol. The van der Waals surface area contributed by atoms with E-state index >= 15 is 0 Å². The first-order valence-corrected chi connectivity index (χ1v) is 11.9. The van der Waals surface area contributed by atoms with Crippen molar-refractivity contribution in [2.45, 2.75) is 6.61 Å². The number of hydrogen-bond acceptors (Lipinski definition) is 4. The Bertz CT molecular complexity index is 1180. The predicted octanol–water partition coefficient (Wildman–Crippen LogP) is 6.66. The molecule has 0 bridgehead atoms. The number of aliphatic imine (C=N–C) groups is 1. The first-order chi connectivity index (χ1) is 15.0. The van der Waals surface area contributed by atoms with Gasteiger partial charge in [0, 0.05) is 4.47 Å². The third-order valence-electron chi connectivity index (χ3n) is 4.27. The first kappa shape index (κ1) is 22.0. The minimum atomic E-state index is -0.327. The van der Waals surface area contributed by atoms with Gasteiger partial charge in [-0.3, -0.25) is 4.79 Å². The summed E-state index contributed by atoms with van der Waals surface area (Å²) >= 11 is 6.90. The molecule has 31 heavy (non-hydrogen) atoms. The molecular formula is C23H15BrFIN2O2S. The van der Waals surface area contributed by atoms with E-state index in [1.165, 1.54) is 23.9 Å².